The summed E-state index contributed by atoms with van der Waals surface area (Å²) < 4.78 is 0. The first-order valence-corrected chi connectivity index (χ1v) is 12.1. The van der Waals surface area contributed by atoms with Gasteiger partial charge in [0.2, 0.25) is 11.8 Å². The van der Waals surface area contributed by atoms with E-state index in [1.54, 1.807) is 11.3 Å². The highest BCUT2D eigenvalue weighted by molar-refractivity contribution is 7.10. The number of fused-ring (bicyclic) bond motifs is 1. The molecule has 5 heteroatoms. The van der Waals surface area contributed by atoms with Crippen molar-refractivity contribution in [3.05, 3.63) is 57.8 Å². The molecular weight excluding hydrogens is 392 g/mol. The first-order valence-electron chi connectivity index (χ1n) is 11.2. The van der Waals surface area contributed by atoms with E-state index in [2.05, 4.69) is 37.4 Å². The van der Waals surface area contributed by atoms with Crippen molar-refractivity contribution in [1.29, 1.82) is 0 Å². The lowest BCUT2D eigenvalue weighted by Gasteiger charge is -2.38. The van der Waals surface area contributed by atoms with Gasteiger partial charge in [-0.2, -0.15) is 0 Å². The van der Waals surface area contributed by atoms with Gasteiger partial charge < -0.3 is 9.80 Å². The van der Waals surface area contributed by atoms with Crippen LogP contribution in [-0.4, -0.2) is 41.2 Å². The molecule has 0 N–H and O–H groups in total. The van der Waals surface area contributed by atoms with E-state index < -0.39 is 0 Å². The molecule has 1 aromatic carbocycles. The second kappa shape index (κ2) is 9.34. The standard InChI is InChI=1S/C25H32N2O2S/c1-18(2)16-26(25(29)20-10-6-7-11-20)17-23(28)27-14-12-22-21(13-15-30-22)24(27)19-8-4-3-5-9-19/h3-5,8-9,13,15,18,20,24H,6-7,10-12,14,16-17H2,1-2H3. The lowest BCUT2D eigenvalue weighted by atomic mass is 9.93. The maximum absolute atomic E-state index is 13.6. The Hall–Kier alpha value is -2.14. The van der Waals surface area contributed by atoms with Gasteiger partial charge in [0, 0.05) is 23.9 Å². The second-order valence-electron chi connectivity index (χ2n) is 9.04. The molecule has 1 unspecified atom stereocenters. The van der Waals surface area contributed by atoms with Crippen LogP contribution in [0.4, 0.5) is 0 Å². The van der Waals surface area contributed by atoms with Crippen LogP contribution < -0.4 is 0 Å². The van der Waals surface area contributed by atoms with Gasteiger partial charge in [-0.1, -0.05) is 57.0 Å². The van der Waals surface area contributed by atoms with Crippen molar-refractivity contribution >= 4 is 23.2 Å². The lowest BCUT2D eigenvalue weighted by Crippen LogP contribution is -2.48. The fraction of sp³-hybridized carbons (Fsp3) is 0.520. The fourth-order valence-electron chi connectivity index (χ4n) is 4.94. The van der Waals surface area contributed by atoms with E-state index in [-0.39, 0.29) is 30.3 Å². The molecule has 0 saturated heterocycles. The van der Waals surface area contributed by atoms with Crippen LogP contribution in [0.25, 0.3) is 0 Å². The Labute approximate surface area is 183 Å². The topological polar surface area (TPSA) is 40.6 Å². The predicted octanol–water partition coefficient (Wildman–Crippen LogP) is 4.90. The highest BCUT2D eigenvalue weighted by Gasteiger charge is 2.35. The van der Waals surface area contributed by atoms with Crippen molar-refractivity contribution in [2.75, 3.05) is 19.6 Å². The Kier molecular flexibility index (Phi) is 6.57. The van der Waals surface area contributed by atoms with E-state index in [4.69, 9.17) is 0 Å². The van der Waals surface area contributed by atoms with Crippen molar-refractivity contribution in [3.8, 4) is 0 Å². The Morgan fingerprint density at radius 2 is 1.87 bits per heavy atom. The molecule has 1 fully saturated rings. The summed E-state index contributed by atoms with van der Waals surface area (Å²) in [5, 5.41) is 2.13. The first-order chi connectivity index (χ1) is 14.5. The normalized spacial score (nSPS) is 19.2. The molecule has 0 radical (unpaired) electrons. The molecule has 0 bridgehead atoms. The van der Waals surface area contributed by atoms with Crippen molar-refractivity contribution < 1.29 is 9.59 Å². The van der Waals surface area contributed by atoms with E-state index >= 15 is 0 Å². The van der Waals surface area contributed by atoms with Gasteiger partial charge in [0.05, 0.1) is 12.6 Å². The van der Waals surface area contributed by atoms with E-state index in [0.717, 1.165) is 37.7 Å². The summed E-state index contributed by atoms with van der Waals surface area (Å²) in [5.41, 5.74) is 2.38. The van der Waals surface area contributed by atoms with Crippen LogP contribution in [0.3, 0.4) is 0 Å². The molecular formula is C25H32N2O2S. The van der Waals surface area contributed by atoms with Crippen LogP contribution in [0.15, 0.2) is 41.8 Å². The molecule has 2 aromatic rings. The molecule has 2 heterocycles. The zero-order chi connectivity index (χ0) is 21.1. The Bertz CT molecular complexity index is 870. The molecule has 1 aliphatic heterocycles. The van der Waals surface area contributed by atoms with Crippen LogP contribution >= 0.6 is 11.3 Å². The van der Waals surface area contributed by atoms with E-state index in [0.29, 0.717) is 19.0 Å². The largest absolute Gasteiger partial charge is 0.333 e. The van der Waals surface area contributed by atoms with E-state index in [1.807, 2.05) is 28.0 Å². The van der Waals surface area contributed by atoms with Crippen molar-refractivity contribution in [1.82, 2.24) is 9.80 Å². The molecule has 1 aromatic heterocycles. The SMILES string of the molecule is CC(C)CN(CC(=O)N1CCc2sccc2C1c1ccccc1)C(=O)C1CCCC1. The Balaban J connectivity index is 1.57. The number of hydrogen-bond donors (Lipinski definition) is 0. The van der Waals surface area contributed by atoms with Crippen LogP contribution in [0.2, 0.25) is 0 Å². The third-order valence-corrected chi connectivity index (χ3v) is 7.33. The third-order valence-electron chi connectivity index (χ3n) is 6.33. The summed E-state index contributed by atoms with van der Waals surface area (Å²) in [7, 11) is 0. The molecule has 0 spiro atoms. The highest BCUT2D eigenvalue weighted by Crippen LogP contribution is 2.38. The summed E-state index contributed by atoms with van der Waals surface area (Å²) in [6.45, 7) is 5.78. The van der Waals surface area contributed by atoms with E-state index in [9.17, 15) is 9.59 Å². The van der Waals surface area contributed by atoms with Gasteiger partial charge >= 0.3 is 0 Å². The number of carbonyl (C=O) groups excluding carboxylic acids is 2. The fourth-order valence-corrected chi connectivity index (χ4v) is 5.84. The maximum atomic E-state index is 13.6. The highest BCUT2D eigenvalue weighted by atomic mass is 32.1. The monoisotopic (exact) mass is 424 g/mol. The Morgan fingerprint density at radius 1 is 1.13 bits per heavy atom. The molecule has 4 rings (SSSR count). The van der Waals surface area contributed by atoms with Crippen LogP contribution in [0.1, 0.15) is 61.6 Å². The first kappa shape index (κ1) is 21.1. The summed E-state index contributed by atoms with van der Waals surface area (Å²) in [4.78, 5) is 31.9. The molecule has 1 saturated carbocycles. The third kappa shape index (κ3) is 4.46. The molecule has 30 heavy (non-hydrogen) atoms. The van der Waals surface area contributed by atoms with Gasteiger partial charge in [-0.05, 0) is 47.8 Å². The van der Waals surface area contributed by atoms with Crippen molar-refractivity contribution in [3.63, 3.8) is 0 Å². The van der Waals surface area contributed by atoms with Gasteiger partial charge in [-0.25, -0.2) is 0 Å². The minimum absolute atomic E-state index is 0.0591. The second-order valence-corrected chi connectivity index (χ2v) is 10.0. The van der Waals surface area contributed by atoms with Crippen LogP contribution in [0.5, 0.6) is 0 Å². The van der Waals surface area contributed by atoms with Gasteiger partial charge in [-0.15, -0.1) is 11.3 Å². The van der Waals surface area contributed by atoms with Gasteiger partial charge in [0.15, 0.2) is 0 Å². The van der Waals surface area contributed by atoms with Crippen LogP contribution in [-0.2, 0) is 16.0 Å². The number of carbonyl (C=O) groups is 2. The minimum Gasteiger partial charge on any atom is -0.333 e. The zero-order valence-electron chi connectivity index (χ0n) is 18.0. The number of rotatable bonds is 6. The van der Waals surface area contributed by atoms with Gasteiger partial charge in [0.1, 0.15) is 0 Å². The quantitative estimate of drug-likeness (QED) is 0.662. The summed E-state index contributed by atoms with van der Waals surface area (Å²) >= 11 is 1.78. The average molecular weight is 425 g/mol. The number of benzene rings is 1. The number of amides is 2. The molecule has 1 atom stereocenters. The number of hydrogen-bond acceptors (Lipinski definition) is 3. The van der Waals surface area contributed by atoms with Crippen molar-refractivity contribution in [2.45, 2.75) is 52.0 Å². The summed E-state index contributed by atoms with van der Waals surface area (Å²) in [6, 6.07) is 12.4. The average Bonchev–Trinajstić information content (AvgIpc) is 3.44. The predicted molar refractivity (Wildman–Crippen MR) is 121 cm³/mol. The Morgan fingerprint density at radius 3 is 2.57 bits per heavy atom. The smallest absolute Gasteiger partial charge is 0.242 e. The molecule has 2 amide bonds. The number of thiophene rings is 1. The van der Waals surface area contributed by atoms with Gasteiger partial charge in [0.25, 0.3) is 0 Å². The molecule has 4 nitrogen and oxygen atoms in total. The molecule has 2 aliphatic rings. The van der Waals surface area contributed by atoms with Gasteiger partial charge in [-0.3, -0.25) is 9.59 Å². The minimum atomic E-state index is -0.0591. The molecule has 160 valence electrons. The van der Waals surface area contributed by atoms with E-state index in [1.165, 1.54) is 10.4 Å². The zero-order valence-corrected chi connectivity index (χ0v) is 18.9. The van der Waals surface area contributed by atoms with Crippen molar-refractivity contribution in [2.24, 2.45) is 11.8 Å². The lowest BCUT2D eigenvalue weighted by molar-refractivity contribution is -0.144. The summed E-state index contributed by atoms with van der Waals surface area (Å²) in [6.07, 6.45) is 5.08. The molecule has 1 aliphatic carbocycles. The van der Waals surface area contributed by atoms with Crippen LogP contribution in [0, 0.1) is 11.8 Å². The summed E-state index contributed by atoms with van der Waals surface area (Å²) in [5.74, 6) is 0.691. The number of nitrogens with zero attached hydrogens (tertiary/aromatic N) is 2. The maximum Gasteiger partial charge on any atom is 0.242 e.